The van der Waals surface area contributed by atoms with Crippen LogP contribution >= 0.6 is 0 Å². The highest BCUT2D eigenvalue weighted by Gasteiger charge is 2.76. The smallest absolute Gasteiger partial charge is 0.254 e. The van der Waals surface area contributed by atoms with E-state index in [4.69, 9.17) is 0 Å². The summed E-state index contributed by atoms with van der Waals surface area (Å²) >= 11 is 0. The van der Waals surface area contributed by atoms with Gasteiger partial charge in [0.25, 0.3) is 5.91 Å². The molecule has 4 aliphatic rings. The van der Waals surface area contributed by atoms with Crippen molar-refractivity contribution in [3.8, 4) is 0 Å². The molecule has 1 N–H and O–H groups in total. The number of para-hydroxylation sites is 1. The van der Waals surface area contributed by atoms with Gasteiger partial charge >= 0.3 is 0 Å². The number of benzene rings is 1. The van der Waals surface area contributed by atoms with Crippen LogP contribution in [0.5, 0.6) is 0 Å². The summed E-state index contributed by atoms with van der Waals surface area (Å²) < 4.78 is 0. The van der Waals surface area contributed by atoms with Gasteiger partial charge < -0.3 is 10.0 Å². The fourth-order valence-electron chi connectivity index (χ4n) is 6.24. The summed E-state index contributed by atoms with van der Waals surface area (Å²) in [5.74, 6) is -0.444. The Balaban J connectivity index is 1.87. The maximum absolute atomic E-state index is 13.0. The Bertz CT molecular complexity index is 763. The molecule has 3 fully saturated rings. The Morgan fingerprint density at radius 3 is 2.83 bits per heavy atom. The maximum atomic E-state index is 13.0. The highest BCUT2D eigenvalue weighted by Crippen LogP contribution is 2.68. The van der Waals surface area contributed by atoms with Gasteiger partial charge in [0.15, 0.2) is 0 Å². The lowest BCUT2D eigenvalue weighted by atomic mass is 9.58. The van der Waals surface area contributed by atoms with E-state index in [1.54, 1.807) is 0 Å². The van der Waals surface area contributed by atoms with Crippen LogP contribution in [0.1, 0.15) is 50.5 Å². The number of hydrogen-bond acceptors (Lipinski definition) is 3. The van der Waals surface area contributed by atoms with Crippen molar-refractivity contribution in [2.24, 2.45) is 5.41 Å². The van der Waals surface area contributed by atoms with Gasteiger partial charge in [-0.05, 0) is 37.3 Å². The van der Waals surface area contributed by atoms with Gasteiger partial charge in [-0.3, -0.25) is 14.5 Å². The van der Waals surface area contributed by atoms with Crippen molar-refractivity contribution < 1.29 is 14.7 Å². The molecule has 0 aliphatic carbocycles. The van der Waals surface area contributed by atoms with Gasteiger partial charge in [-0.25, -0.2) is 0 Å². The first-order valence-electron chi connectivity index (χ1n) is 9.00. The molecule has 0 radical (unpaired) electrons. The number of rotatable bonds is 1. The summed E-state index contributed by atoms with van der Waals surface area (Å²) in [5, 5.41) is 10.9. The molecule has 4 aliphatic heterocycles. The third-order valence-corrected chi connectivity index (χ3v) is 7.09. The van der Waals surface area contributed by atoms with E-state index in [1.807, 2.05) is 34.1 Å². The molecule has 4 unspecified atom stereocenters. The Morgan fingerprint density at radius 2 is 2.04 bits per heavy atom. The highest BCUT2D eigenvalue weighted by molar-refractivity contribution is 6.03. The van der Waals surface area contributed by atoms with Crippen molar-refractivity contribution in [3.05, 3.63) is 29.8 Å². The minimum atomic E-state index is -1.05. The minimum Gasteiger partial charge on any atom is -0.382 e. The largest absolute Gasteiger partial charge is 0.382 e. The van der Waals surface area contributed by atoms with Crippen LogP contribution in [0.25, 0.3) is 0 Å². The van der Waals surface area contributed by atoms with E-state index in [0.717, 1.165) is 36.9 Å². The van der Waals surface area contributed by atoms with Gasteiger partial charge in [-0.1, -0.05) is 25.1 Å². The van der Waals surface area contributed by atoms with Crippen molar-refractivity contribution in [1.29, 1.82) is 0 Å². The maximum Gasteiger partial charge on any atom is 0.254 e. The summed E-state index contributed by atoms with van der Waals surface area (Å²) in [6.07, 6.45) is 3.14. The van der Waals surface area contributed by atoms with Crippen LogP contribution in [0.2, 0.25) is 0 Å². The lowest BCUT2D eigenvalue weighted by Crippen LogP contribution is -2.73. The number of carbonyl (C=O) groups is 2. The van der Waals surface area contributed by atoms with E-state index in [1.165, 1.54) is 0 Å². The molecular weight excluding hydrogens is 304 g/mol. The monoisotopic (exact) mass is 326 g/mol. The summed E-state index contributed by atoms with van der Waals surface area (Å²) in [7, 11) is 0. The fraction of sp³-hybridized carbons (Fsp3) is 0.579. The molecule has 126 valence electrons. The molecule has 1 aromatic carbocycles. The van der Waals surface area contributed by atoms with Crippen LogP contribution < -0.4 is 4.90 Å². The molecule has 0 aromatic heterocycles. The molecule has 1 aromatic rings. The predicted molar refractivity (Wildman–Crippen MR) is 88.3 cm³/mol. The van der Waals surface area contributed by atoms with E-state index in [-0.39, 0.29) is 23.1 Å². The summed E-state index contributed by atoms with van der Waals surface area (Å²) in [4.78, 5) is 29.6. The van der Waals surface area contributed by atoms with Gasteiger partial charge in [0.1, 0.15) is 11.8 Å². The average Bonchev–Trinajstić information content (AvgIpc) is 3.03. The lowest BCUT2D eigenvalue weighted by Gasteiger charge is -2.62. The SMILES string of the molecule is CCC12CCCN3C(=O)C(O)C4c5ccccc5N(C(=O)CC1)C432. The van der Waals surface area contributed by atoms with Crippen LogP contribution in [0.4, 0.5) is 5.69 Å². The van der Waals surface area contributed by atoms with Crippen LogP contribution in [-0.2, 0) is 9.59 Å². The van der Waals surface area contributed by atoms with Gasteiger partial charge in [-0.15, -0.1) is 0 Å². The molecule has 0 saturated carbocycles. The number of hydrogen-bond donors (Lipinski definition) is 1. The normalized spacial score (nSPS) is 39.8. The van der Waals surface area contributed by atoms with Crippen molar-refractivity contribution in [1.82, 2.24) is 4.90 Å². The predicted octanol–water partition coefficient (Wildman–Crippen LogP) is 2.00. The second-order valence-electron chi connectivity index (χ2n) is 7.66. The van der Waals surface area contributed by atoms with E-state index in [9.17, 15) is 14.7 Å². The highest BCUT2D eigenvalue weighted by atomic mass is 16.3. The van der Waals surface area contributed by atoms with Crippen molar-refractivity contribution in [2.75, 3.05) is 11.4 Å². The molecule has 1 spiro atoms. The number of carbonyl (C=O) groups excluding carboxylic acids is 2. The second kappa shape index (κ2) is 4.39. The Labute approximate surface area is 141 Å². The number of aliphatic hydroxyl groups is 1. The molecule has 3 saturated heterocycles. The van der Waals surface area contributed by atoms with E-state index in [0.29, 0.717) is 13.0 Å². The van der Waals surface area contributed by atoms with Crippen LogP contribution in [0.15, 0.2) is 24.3 Å². The zero-order valence-electron chi connectivity index (χ0n) is 13.9. The van der Waals surface area contributed by atoms with E-state index >= 15 is 0 Å². The number of fused-ring (bicyclic) bond motifs is 3. The first-order chi connectivity index (χ1) is 11.6. The Hall–Kier alpha value is -1.88. The number of piperidine rings is 2. The van der Waals surface area contributed by atoms with Crippen molar-refractivity contribution in [3.63, 3.8) is 0 Å². The van der Waals surface area contributed by atoms with Crippen molar-refractivity contribution >= 4 is 17.5 Å². The molecule has 5 rings (SSSR count). The van der Waals surface area contributed by atoms with Gasteiger partial charge in [0.05, 0.1) is 5.92 Å². The van der Waals surface area contributed by atoms with Crippen molar-refractivity contribution in [2.45, 2.75) is 56.7 Å². The van der Waals surface area contributed by atoms with Crippen LogP contribution in [0, 0.1) is 5.41 Å². The number of aliphatic hydroxyl groups excluding tert-OH is 1. The quantitative estimate of drug-likeness (QED) is 0.859. The second-order valence-corrected chi connectivity index (χ2v) is 7.66. The molecular formula is C19H22N2O3. The first kappa shape index (κ1) is 14.5. The summed E-state index contributed by atoms with van der Waals surface area (Å²) in [6.45, 7) is 2.80. The molecule has 2 amide bonds. The van der Waals surface area contributed by atoms with E-state index < -0.39 is 11.8 Å². The molecule has 5 heteroatoms. The van der Waals surface area contributed by atoms with Gasteiger partial charge in [0.2, 0.25) is 5.91 Å². The molecule has 5 nitrogen and oxygen atoms in total. The molecule has 4 atom stereocenters. The standard InChI is InChI=1S/C19H22N2O3/c1-2-18-9-5-11-20-17(24)16(23)15-12-6-3-4-7-13(12)21(19(15,18)20)14(22)8-10-18/h3-4,6-7,15-16,23H,2,5,8-11H2,1H3. The van der Waals surface area contributed by atoms with Crippen LogP contribution in [-0.4, -0.2) is 40.1 Å². The fourth-order valence-corrected chi connectivity index (χ4v) is 6.24. The molecule has 24 heavy (non-hydrogen) atoms. The number of nitrogens with zero attached hydrogens (tertiary/aromatic N) is 2. The molecule has 0 bridgehead atoms. The molecule has 4 heterocycles. The first-order valence-corrected chi connectivity index (χ1v) is 9.00. The zero-order valence-corrected chi connectivity index (χ0v) is 13.9. The summed E-state index contributed by atoms with van der Waals surface area (Å²) in [5.41, 5.74) is 1.02. The summed E-state index contributed by atoms with van der Waals surface area (Å²) in [6, 6.07) is 7.83. The third kappa shape index (κ3) is 1.27. The van der Waals surface area contributed by atoms with E-state index in [2.05, 4.69) is 6.92 Å². The Kier molecular flexibility index (Phi) is 2.65. The van der Waals surface area contributed by atoms with Crippen LogP contribution in [0.3, 0.4) is 0 Å². The van der Waals surface area contributed by atoms with Gasteiger partial charge in [-0.2, -0.15) is 0 Å². The lowest BCUT2D eigenvalue weighted by molar-refractivity contribution is -0.151. The van der Waals surface area contributed by atoms with Gasteiger partial charge in [0, 0.05) is 24.1 Å². The zero-order chi connectivity index (χ0) is 16.7. The number of anilines is 1. The Morgan fingerprint density at radius 1 is 1.25 bits per heavy atom. The average molecular weight is 326 g/mol. The number of amides is 2. The third-order valence-electron chi connectivity index (χ3n) is 7.09. The minimum absolute atomic E-state index is 0.0859. The topological polar surface area (TPSA) is 60.9 Å².